The number of rotatable bonds is 6. The second-order valence-corrected chi connectivity index (χ2v) is 10.3. The number of nitrogens with zero attached hydrogens (tertiary/aromatic N) is 2. The molecule has 0 N–H and O–H groups in total. The van der Waals surface area contributed by atoms with E-state index in [-0.39, 0.29) is 11.8 Å². The number of carbonyl (C=O) groups excluding carboxylic acids is 2. The largest absolute Gasteiger partial charge is 0.489 e. The number of ether oxygens (including phenoxy) is 1. The lowest BCUT2D eigenvalue weighted by Crippen LogP contribution is -2.61. The minimum absolute atomic E-state index is 0.0377. The van der Waals surface area contributed by atoms with Gasteiger partial charge in [0, 0.05) is 35.6 Å². The van der Waals surface area contributed by atoms with Crippen LogP contribution in [0.25, 0.3) is 0 Å². The standard InChI is InChI=1S/C29H31ClN2O3/c1-29(2,3)28(34)32-17-16-31(24-14-9-13-23(30)19-24)27(33)25(32)18-22-12-7-8-15-26(22)35-20-21-10-5-4-6-11-21/h4-15,19,25H,16-18,20H2,1-3H3. The SMILES string of the molecule is CC(C)(C)C(=O)N1CCN(c2cccc(Cl)c2)C(=O)C1Cc1ccccc1OCc1ccccc1. The Hall–Kier alpha value is -3.31. The predicted octanol–water partition coefficient (Wildman–Crippen LogP) is 5.75. The Labute approximate surface area is 212 Å². The highest BCUT2D eigenvalue weighted by Gasteiger charge is 2.41. The fourth-order valence-electron chi connectivity index (χ4n) is 4.32. The Balaban J connectivity index is 1.63. The van der Waals surface area contributed by atoms with E-state index in [1.807, 2.05) is 87.5 Å². The Morgan fingerprint density at radius 2 is 1.69 bits per heavy atom. The summed E-state index contributed by atoms with van der Waals surface area (Å²) in [6.45, 7) is 6.96. The van der Waals surface area contributed by atoms with Crippen LogP contribution in [0.2, 0.25) is 5.02 Å². The molecule has 5 nitrogen and oxygen atoms in total. The minimum atomic E-state index is -0.643. The first kappa shape index (κ1) is 24.8. The number of halogens is 1. The van der Waals surface area contributed by atoms with Crippen LogP contribution in [0.3, 0.4) is 0 Å². The van der Waals surface area contributed by atoms with Gasteiger partial charge in [0.25, 0.3) is 0 Å². The number of amides is 2. The fourth-order valence-corrected chi connectivity index (χ4v) is 4.50. The van der Waals surface area contributed by atoms with Crippen molar-refractivity contribution in [1.29, 1.82) is 0 Å². The van der Waals surface area contributed by atoms with Gasteiger partial charge in [0.2, 0.25) is 11.8 Å². The molecule has 1 aliphatic heterocycles. The van der Waals surface area contributed by atoms with E-state index in [2.05, 4.69) is 0 Å². The smallest absolute Gasteiger partial charge is 0.250 e. The molecule has 1 unspecified atom stereocenters. The van der Waals surface area contributed by atoms with E-state index in [0.717, 1.165) is 16.8 Å². The Kier molecular flexibility index (Phi) is 7.46. The van der Waals surface area contributed by atoms with Gasteiger partial charge in [0.05, 0.1) is 0 Å². The average molecular weight is 491 g/mol. The highest BCUT2D eigenvalue weighted by molar-refractivity contribution is 6.31. The monoisotopic (exact) mass is 490 g/mol. The molecule has 3 aromatic carbocycles. The van der Waals surface area contributed by atoms with Gasteiger partial charge in [-0.25, -0.2) is 0 Å². The Bertz CT molecular complexity index is 1190. The Morgan fingerprint density at radius 3 is 2.40 bits per heavy atom. The van der Waals surface area contributed by atoms with Crippen LogP contribution in [-0.4, -0.2) is 35.8 Å². The minimum Gasteiger partial charge on any atom is -0.489 e. The maximum absolute atomic E-state index is 13.8. The summed E-state index contributed by atoms with van der Waals surface area (Å²) in [4.78, 5) is 30.6. The summed E-state index contributed by atoms with van der Waals surface area (Å²) in [5.74, 6) is 0.561. The molecule has 1 fully saturated rings. The molecule has 0 radical (unpaired) electrons. The molecule has 1 atom stereocenters. The van der Waals surface area contributed by atoms with E-state index in [9.17, 15) is 9.59 Å². The predicted molar refractivity (Wildman–Crippen MR) is 140 cm³/mol. The van der Waals surface area contributed by atoms with Gasteiger partial charge in [-0.05, 0) is 35.4 Å². The molecule has 1 saturated heterocycles. The molecular formula is C29H31ClN2O3. The number of hydrogen-bond donors (Lipinski definition) is 0. The van der Waals surface area contributed by atoms with Gasteiger partial charge in [-0.2, -0.15) is 0 Å². The second kappa shape index (κ2) is 10.5. The third kappa shape index (κ3) is 5.85. The van der Waals surface area contributed by atoms with Crippen LogP contribution in [0.1, 0.15) is 31.9 Å². The molecule has 3 aromatic rings. The van der Waals surface area contributed by atoms with Gasteiger partial charge in [-0.3, -0.25) is 9.59 Å². The molecule has 182 valence electrons. The molecule has 1 aliphatic rings. The summed E-state index contributed by atoms with van der Waals surface area (Å²) in [6.07, 6.45) is 0.364. The van der Waals surface area contributed by atoms with Crippen molar-refractivity contribution >= 4 is 29.1 Å². The number of para-hydroxylation sites is 1. The molecule has 2 amide bonds. The fraction of sp³-hybridized carbons (Fsp3) is 0.310. The number of piperazine rings is 1. The highest BCUT2D eigenvalue weighted by Crippen LogP contribution is 2.30. The number of carbonyl (C=O) groups is 2. The van der Waals surface area contributed by atoms with E-state index in [4.69, 9.17) is 16.3 Å². The van der Waals surface area contributed by atoms with Crippen molar-refractivity contribution in [2.45, 2.75) is 39.8 Å². The summed E-state index contributed by atoms with van der Waals surface area (Å²) in [7, 11) is 0. The van der Waals surface area contributed by atoms with Crippen LogP contribution in [0, 0.1) is 5.41 Å². The summed E-state index contributed by atoms with van der Waals surface area (Å²) in [6, 6.07) is 24.3. The first-order valence-corrected chi connectivity index (χ1v) is 12.2. The number of benzene rings is 3. The van der Waals surface area contributed by atoms with Crippen LogP contribution >= 0.6 is 11.6 Å². The van der Waals surface area contributed by atoms with Gasteiger partial charge in [0.15, 0.2) is 0 Å². The lowest BCUT2D eigenvalue weighted by Gasteiger charge is -2.43. The highest BCUT2D eigenvalue weighted by atomic mass is 35.5. The summed E-state index contributed by atoms with van der Waals surface area (Å²) >= 11 is 6.20. The van der Waals surface area contributed by atoms with Crippen LogP contribution < -0.4 is 9.64 Å². The summed E-state index contributed by atoms with van der Waals surface area (Å²) in [5, 5.41) is 0.569. The topological polar surface area (TPSA) is 49.9 Å². The molecule has 0 saturated carbocycles. The zero-order valence-electron chi connectivity index (χ0n) is 20.4. The molecule has 1 heterocycles. The normalized spacial score (nSPS) is 16.3. The van der Waals surface area contributed by atoms with Gasteiger partial charge in [-0.15, -0.1) is 0 Å². The maximum Gasteiger partial charge on any atom is 0.250 e. The van der Waals surface area contributed by atoms with Crippen molar-refractivity contribution in [3.05, 3.63) is 95.0 Å². The summed E-state index contributed by atoms with van der Waals surface area (Å²) in [5.41, 5.74) is 2.10. The lowest BCUT2D eigenvalue weighted by molar-refractivity contribution is -0.147. The van der Waals surface area contributed by atoms with Crippen LogP contribution in [0.4, 0.5) is 5.69 Å². The van der Waals surface area contributed by atoms with Gasteiger partial charge < -0.3 is 14.5 Å². The molecule has 4 rings (SSSR count). The lowest BCUT2D eigenvalue weighted by atomic mass is 9.91. The van der Waals surface area contributed by atoms with Crippen molar-refractivity contribution in [2.75, 3.05) is 18.0 Å². The van der Waals surface area contributed by atoms with E-state index in [1.54, 1.807) is 21.9 Å². The summed E-state index contributed by atoms with van der Waals surface area (Å²) < 4.78 is 6.14. The van der Waals surface area contributed by atoms with Crippen molar-refractivity contribution in [3.63, 3.8) is 0 Å². The van der Waals surface area contributed by atoms with E-state index in [0.29, 0.717) is 36.9 Å². The van der Waals surface area contributed by atoms with Gasteiger partial charge >= 0.3 is 0 Å². The third-order valence-electron chi connectivity index (χ3n) is 6.14. The number of hydrogen-bond acceptors (Lipinski definition) is 3. The Morgan fingerprint density at radius 1 is 0.971 bits per heavy atom. The van der Waals surface area contributed by atoms with E-state index >= 15 is 0 Å². The number of anilines is 1. The molecular weight excluding hydrogens is 460 g/mol. The maximum atomic E-state index is 13.8. The molecule has 6 heteroatoms. The van der Waals surface area contributed by atoms with Crippen LogP contribution in [0.15, 0.2) is 78.9 Å². The second-order valence-electron chi connectivity index (χ2n) is 9.82. The van der Waals surface area contributed by atoms with Crippen LogP contribution in [0.5, 0.6) is 5.75 Å². The van der Waals surface area contributed by atoms with Gasteiger partial charge in [0.1, 0.15) is 18.4 Å². The first-order chi connectivity index (χ1) is 16.7. The molecule has 0 spiro atoms. The van der Waals surface area contributed by atoms with Crippen molar-refractivity contribution < 1.29 is 14.3 Å². The zero-order valence-corrected chi connectivity index (χ0v) is 21.2. The quantitative estimate of drug-likeness (QED) is 0.442. The van der Waals surface area contributed by atoms with Crippen molar-refractivity contribution in [2.24, 2.45) is 5.41 Å². The van der Waals surface area contributed by atoms with E-state index < -0.39 is 11.5 Å². The van der Waals surface area contributed by atoms with Crippen LogP contribution in [-0.2, 0) is 22.6 Å². The van der Waals surface area contributed by atoms with Gasteiger partial charge in [-0.1, -0.05) is 87.0 Å². The van der Waals surface area contributed by atoms with Crippen molar-refractivity contribution in [3.8, 4) is 5.75 Å². The molecule has 35 heavy (non-hydrogen) atoms. The average Bonchev–Trinajstić information content (AvgIpc) is 2.84. The molecule has 0 aliphatic carbocycles. The van der Waals surface area contributed by atoms with E-state index in [1.165, 1.54) is 0 Å². The van der Waals surface area contributed by atoms with Crippen molar-refractivity contribution in [1.82, 2.24) is 4.90 Å². The third-order valence-corrected chi connectivity index (χ3v) is 6.37. The first-order valence-electron chi connectivity index (χ1n) is 11.9. The molecule has 0 aromatic heterocycles. The molecule has 0 bridgehead atoms. The zero-order chi connectivity index (χ0) is 25.0.